The van der Waals surface area contributed by atoms with E-state index in [1.807, 2.05) is 0 Å². The molecule has 1 atom stereocenters. The number of methoxy groups -OCH3 is 1. The van der Waals surface area contributed by atoms with Crippen LogP contribution in [0.25, 0.3) is 0 Å². The Morgan fingerprint density at radius 2 is 2.25 bits per heavy atom. The second kappa shape index (κ2) is 5.41. The van der Waals surface area contributed by atoms with Crippen LogP contribution in [0.15, 0.2) is 12.1 Å². The Labute approximate surface area is 94.4 Å². The van der Waals surface area contributed by atoms with Crippen molar-refractivity contribution in [2.24, 2.45) is 5.73 Å². The molecule has 0 fully saturated rings. The summed E-state index contributed by atoms with van der Waals surface area (Å²) >= 11 is 0. The number of hydrogen-bond donors (Lipinski definition) is 1. The van der Waals surface area contributed by atoms with E-state index in [0.717, 1.165) is 0 Å². The molecule has 1 unspecified atom stereocenters. The van der Waals surface area contributed by atoms with Crippen molar-refractivity contribution in [3.05, 3.63) is 17.8 Å². The highest BCUT2D eigenvalue weighted by Gasteiger charge is 2.14. The maximum atomic E-state index is 11.5. The summed E-state index contributed by atoms with van der Waals surface area (Å²) in [5, 5.41) is 7.73. The molecule has 1 rings (SSSR count). The minimum absolute atomic E-state index is 0.127. The van der Waals surface area contributed by atoms with Gasteiger partial charge in [0.15, 0.2) is 0 Å². The van der Waals surface area contributed by atoms with Crippen LogP contribution in [-0.4, -0.2) is 41.2 Å². The van der Waals surface area contributed by atoms with Crippen molar-refractivity contribution >= 4 is 5.91 Å². The van der Waals surface area contributed by atoms with Crippen LogP contribution in [0.2, 0.25) is 0 Å². The molecule has 88 valence electrons. The fourth-order valence-corrected chi connectivity index (χ4v) is 1.21. The molecule has 0 saturated heterocycles. The first-order valence-electron chi connectivity index (χ1n) is 4.91. The molecular weight excluding hydrogens is 208 g/mol. The molecule has 0 aliphatic carbocycles. The van der Waals surface area contributed by atoms with Crippen LogP contribution in [0.1, 0.15) is 12.6 Å². The first-order valence-corrected chi connectivity index (χ1v) is 4.91. The molecular formula is C10H16N4O2. The smallest absolute Gasteiger partial charge is 0.239 e. The molecule has 1 amide bonds. The van der Waals surface area contributed by atoms with Crippen molar-refractivity contribution < 1.29 is 9.53 Å². The SMILES string of the molecule is COc1ccc(CN(C)C(=O)C(C)N)nn1. The maximum absolute atomic E-state index is 11.5. The van der Waals surface area contributed by atoms with E-state index < -0.39 is 6.04 Å². The van der Waals surface area contributed by atoms with Crippen molar-refractivity contribution in [3.63, 3.8) is 0 Å². The summed E-state index contributed by atoms with van der Waals surface area (Å²) in [6.07, 6.45) is 0. The summed E-state index contributed by atoms with van der Waals surface area (Å²) in [5.41, 5.74) is 6.18. The normalized spacial score (nSPS) is 12.0. The number of hydrogen-bond acceptors (Lipinski definition) is 5. The van der Waals surface area contributed by atoms with Gasteiger partial charge in [-0.25, -0.2) is 0 Å². The van der Waals surface area contributed by atoms with Gasteiger partial charge in [-0.1, -0.05) is 0 Å². The van der Waals surface area contributed by atoms with E-state index in [-0.39, 0.29) is 5.91 Å². The lowest BCUT2D eigenvalue weighted by molar-refractivity contribution is -0.131. The Kier molecular flexibility index (Phi) is 4.19. The molecule has 1 heterocycles. The lowest BCUT2D eigenvalue weighted by atomic mass is 10.3. The molecule has 1 aromatic rings. The lowest BCUT2D eigenvalue weighted by Crippen LogP contribution is -2.39. The maximum Gasteiger partial charge on any atom is 0.239 e. The second-order valence-corrected chi connectivity index (χ2v) is 3.55. The number of ether oxygens (including phenoxy) is 1. The van der Waals surface area contributed by atoms with Gasteiger partial charge in [0.2, 0.25) is 11.8 Å². The summed E-state index contributed by atoms with van der Waals surface area (Å²) < 4.78 is 4.89. The lowest BCUT2D eigenvalue weighted by Gasteiger charge is -2.18. The average Bonchev–Trinajstić information content (AvgIpc) is 2.28. The molecule has 0 aromatic carbocycles. The predicted molar refractivity (Wildman–Crippen MR) is 58.7 cm³/mol. The van der Waals surface area contributed by atoms with Gasteiger partial charge < -0.3 is 15.4 Å². The molecule has 16 heavy (non-hydrogen) atoms. The van der Waals surface area contributed by atoms with Crippen LogP contribution in [-0.2, 0) is 11.3 Å². The highest BCUT2D eigenvalue weighted by molar-refractivity contribution is 5.80. The van der Waals surface area contributed by atoms with Gasteiger partial charge in [0, 0.05) is 13.1 Å². The van der Waals surface area contributed by atoms with Crippen LogP contribution < -0.4 is 10.5 Å². The summed E-state index contributed by atoms with van der Waals surface area (Å²) in [6.45, 7) is 2.04. The zero-order chi connectivity index (χ0) is 12.1. The molecule has 6 heteroatoms. The van der Waals surface area contributed by atoms with E-state index in [4.69, 9.17) is 10.5 Å². The molecule has 1 aromatic heterocycles. The van der Waals surface area contributed by atoms with E-state index in [1.54, 1.807) is 26.1 Å². The Morgan fingerprint density at radius 1 is 1.56 bits per heavy atom. The number of rotatable bonds is 4. The van der Waals surface area contributed by atoms with Gasteiger partial charge >= 0.3 is 0 Å². The van der Waals surface area contributed by atoms with Crippen LogP contribution >= 0.6 is 0 Å². The van der Waals surface area contributed by atoms with Crippen molar-refractivity contribution in [1.29, 1.82) is 0 Å². The minimum Gasteiger partial charge on any atom is -0.480 e. The Morgan fingerprint density at radius 3 is 2.69 bits per heavy atom. The summed E-state index contributed by atoms with van der Waals surface area (Å²) in [6, 6.07) is 2.96. The molecule has 0 aliphatic rings. The van der Waals surface area contributed by atoms with Crippen molar-refractivity contribution in [3.8, 4) is 5.88 Å². The van der Waals surface area contributed by atoms with Crippen LogP contribution in [0.4, 0.5) is 0 Å². The van der Waals surface area contributed by atoms with Crippen molar-refractivity contribution in [2.45, 2.75) is 19.5 Å². The highest BCUT2D eigenvalue weighted by Crippen LogP contribution is 2.05. The van der Waals surface area contributed by atoms with Gasteiger partial charge in [0.25, 0.3) is 0 Å². The Hall–Kier alpha value is -1.69. The first kappa shape index (κ1) is 12.4. The summed E-state index contributed by atoms with van der Waals surface area (Å²) in [4.78, 5) is 13.0. The molecule has 0 saturated carbocycles. The number of carbonyl (C=O) groups excluding carboxylic acids is 1. The van der Waals surface area contributed by atoms with Crippen LogP contribution in [0.3, 0.4) is 0 Å². The highest BCUT2D eigenvalue weighted by atomic mass is 16.5. The van der Waals surface area contributed by atoms with Crippen molar-refractivity contribution in [1.82, 2.24) is 15.1 Å². The summed E-state index contributed by atoms with van der Waals surface area (Å²) in [5.74, 6) is 0.322. The minimum atomic E-state index is -0.504. The van der Waals surface area contributed by atoms with E-state index in [2.05, 4.69) is 10.2 Å². The number of likely N-dealkylation sites (N-methyl/N-ethyl adjacent to an activating group) is 1. The van der Waals surface area contributed by atoms with Gasteiger partial charge in [-0.15, -0.1) is 5.10 Å². The third-order valence-electron chi connectivity index (χ3n) is 2.07. The van der Waals surface area contributed by atoms with Crippen LogP contribution in [0.5, 0.6) is 5.88 Å². The zero-order valence-electron chi connectivity index (χ0n) is 9.67. The third kappa shape index (κ3) is 3.16. The van der Waals surface area contributed by atoms with Gasteiger partial charge in [-0.2, -0.15) is 5.10 Å². The Bertz CT molecular complexity index is 350. The number of amides is 1. The van der Waals surface area contributed by atoms with E-state index in [9.17, 15) is 4.79 Å². The van der Waals surface area contributed by atoms with E-state index in [0.29, 0.717) is 18.1 Å². The molecule has 0 aliphatic heterocycles. The zero-order valence-corrected chi connectivity index (χ0v) is 9.67. The monoisotopic (exact) mass is 224 g/mol. The standard InChI is InChI=1S/C10H16N4O2/c1-7(11)10(15)14(2)6-8-4-5-9(16-3)13-12-8/h4-5,7H,6,11H2,1-3H3. The van der Waals surface area contributed by atoms with Gasteiger partial charge in [-0.3, -0.25) is 4.79 Å². The molecule has 2 N–H and O–H groups in total. The first-order chi connectivity index (χ1) is 7.54. The predicted octanol–water partition coefficient (Wildman–Crippen LogP) is -0.209. The number of nitrogens with two attached hydrogens (primary N) is 1. The van der Waals surface area contributed by atoms with E-state index in [1.165, 1.54) is 12.0 Å². The molecule has 0 spiro atoms. The van der Waals surface area contributed by atoms with Gasteiger partial charge in [-0.05, 0) is 13.0 Å². The second-order valence-electron chi connectivity index (χ2n) is 3.55. The topological polar surface area (TPSA) is 81.3 Å². The number of carbonyl (C=O) groups is 1. The molecule has 6 nitrogen and oxygen atoms in total. The fraction of sp³-hybridized carbons (Fsp3) is 0.500. The van der Waals surface area contributed by atoms with Crippen molar-refractivity contribution in [2.75, 3.05) is 14.2 Å². The Balaban J connectivity index is 2.62. The fourth-order valence-electron chi connectivity index (χ4n) is 1.21. The third-order valence-corrected chi connectivity index (χ3v) is 2.07. The molecule has 0 radical (unpaired) electrons. The molecule has 0 bridgehead atoms. The quantitative estimate of drug-likeness (QED) is 0.765. The largest absolute Gasteiger partial charge is 0.480 e. The van der Waals surface area contributed by atoms with Gasteiger partial charge in [0.05, 0.1) is 25.4 Å². The van der Waals surface area contributed by atoms with Crippen LogP contribution in [0, 0.1) is 0 Å². The number of aromatic nitrogens is 2. The summed E-state index contributed by atoms with van der Waals surface area (Å²) in [7, 11) is 3.20. The number of nitrogens with zero attached hydrogens (tertiary/aromatic N) is 3. The van der Waals surface area contributed by atoms with Gasteiger partial charge in [0.1, 0.15) is 0 Å². The van der Waals surface area contributed by atoms with E-state index >= 15 is 0 Å². The average molecular weight is 224 g/mol.